The van der Waals surface area contributed by atoms with Crippen molar-refractivity contribution in [3.63, 3.8) is 0 Å². The standard InChI is InChI=1S/C7H14O2S/c1-6-2-4-7(5-3-6)10(8)9/h6-7H,2-5H2,1H3,(H,8,9). The molecule has 0 spiro atoms. The van der Waals surface area contributed by atoms with E-state index in [1.165, 1.54) is 0 Å². The van der Waals surface area contributed by atoms with E-state index < -0.39 is 11.1 Å². The lowest BCUT2D eigenvalue weighted by molar-refractivity contribution is 0.379. The average Bonchev–Trinajstić information content (AvgIpc) is 1.88. The van der Waals surface area contributed by atoms with Crippen LogP contribution in [0.4, 0.5) is 0 Å². The van der Waals surface area contributed by atoms with Crippen molar-refractivity contribution in [1.29, 1.82) is 0 Å². The molecule has 1 saturated carbocycles. The molecule has 0 amide bonds. The van der Waals surface area contributed by atoms with Gasteiger partial charge in [-0.1, -0.05) is 6.92 Å². The van der Waals surface area contributed by atoms with Gasteiger partial charge in [-0.3, -0.25) is 0 Å². The van der Waals surface area contributed by atoms with Gasteiger partial charge in [0, 0.05) is 0 Å². The fourth-order valence-corrected chi connectivity index (χ4v) is 2.11. The number of rotatable bonds is 1. The summed E-state index contributed by atoms with van der Waals surface area (Å²) in [5.74, 6) is 0.764. The van der Waals surface area contributed by atoms with Gasteiger partial charge in [-0.25, -0.2) is 4.21 Å². The highest BCUT2D eigenvalue weighted by Gasteiger charge is 2.21. The van der Waals surface area contributed by atoms with Crippen molar-refractivity contribution in [2.24, 2.45) is 5.92 Å². The van der Waals surface area contributed by atoms with Crippen LogP contribution in [0.15, 0.2) is 0 Å². The summed E-state index contributed by atoms with van der Waals surface area (Å²) < 4.78 is 19.3. The second-order valence-corrected chi connectivity index (χ2v) is 4.38. The lowest BCUT2D eigenvalue weighted by Crippen LogP contribution is -2.21. The summed E-state index contributed by atoms with van der Waals surface area (Å²) in [6.45, 7) is 2.20. The quantitative estimate of drug-likeness (QED) is 0.597. The first-order valence-electron chi connectivity index (χ1n) is 3.80. The van der Waals surface area contributed by atoms with Gasteiger partial charge in [-0.2, -0.15) is 0 Å². The fraction of sp³-hybridized carbons (Fsp3) is 1.00. The third kappa shape index (κ3) is 2.06. The van der Waals surface area contributed by atoms with Crippen LogP contribution >= 0.6 is 0 Å². The normalized spacial score (nSPS) is 37.4. The lowest BCUT2D eigenvalue weighted by Gasteiger charge is -2.22. The predicted octanol–water partition coefficient (Wildman–Crippen LogP) is 1.79. The maximum absolute atomic E-state index is 10.6. The topological polar surface area (TPSA) is 37.3 Å². The number of hydrogen-bond donors (Lipinski definition) is 1. The van der Waals surface area contributed by atoms with Crippen LogP contribution in [0.2, 0.25) is 0 Å². The van der Waals surface area contributed by atoms with Gasteiger partial charge in [0.2, 0.25) is 0 Å². The van der Waals surface area contributed by atoms with Crippen LogP contribution in [0.5, 0.6) is 0 Å². The highest BCUT2D eigenvalue weighted by molar-refractivity contribution is 7.79. The van der Waals surface area contributed by atoms with Gasteiger partial charge >= 0.3 is 0 Å². The Hall–Kier alpha value is 0.110. The molecule has 1 aliphatic carbocycles. The van der Waals surface area contributed by atoms with Gasteiger partial charge in [-0.15, -0.1) is 0 Å². The van der Waals surface area contributed by atoms with Crippen LogP contribution in [0.1, 0.15) is 32.6 Å². The largest absolute Gasteiger partial charge is 0.306 e. The van der Waals surface area contributed by atoms with Gasteiger partial charge in [0.15, 0.2) is 11.1 Å². The molecule has 1 aliphatic rings. The van der Waals surface area contributed by atoms with E-state index in [-0.39, 0.29) is 5.25 Å². The summed E-state index contributed by atoms with van der Waals surface area (Å²) in [5, 5.41) is 0.0659. The summed E-state index contributed by atoms with van der Waals surface area (Å²) in [6, 6.07) is 0. The second-order valence-electron chi connectivity index (χ2n) is 3.16. The van der Waals surface area contributed by atoms with Gasteiger partial charge in [0.25, 0.3) is 0 Å². The van der Waals surface area contributed by atoms with Crippen LogP contribution < -0.4 is 0 Å². The molecule has 0 radical (unpaired) electrons. The molecule has 0 saturated heterocycles. The smallest absolute Gasteiger partial charge is 0.155 e. The minimum atomic E-state index is -1.57. The van der Waals surface area contributed by atoms with E-state index in [4.69, 9.17) is 4.55 Å². The molecule has 0 bridgehead atoms. The Bertz CT molecular complexity index is 128. The number of hydrogen-bond acceptors (Lipinski definition) is 1. The molecule has 10 heavy (non-hydrogen) atoms. The Labute approximate surface area is 64.3 Å². The maximum atomic E-state index is 10.6. The molecule has 1 fully saturated rings. The first-order valence-corrected chi connectivity index (χ1v) is 4.97. The van der Waals surface area contributed by atoms with Crippen LogP contribution in [0, 0.1) is 5.92 Å². The molecule has 3 heteroatoms. The molecule has 1 N–H and O–H groups in total. The van der Waals surface area contributed by atoms with Crippen molar-refractivity contribution in [3.05, 3.63) is 0 Å². The summed E-state index contributed by atoms with van der Waals surface area (Å²) >= 11 is -1.57. The summed E-state index contributed by atoms with van der Waals surface area (Å²) in [6.07, 6.45) is 4.11. The van der Waals surface area contributed by atoms with E-state index in [1.54, 1.807) is 0 Å². The van der Waals surface area contributed by atoms with Crippen LogP contribution in [0.25, 0.3) is 0 Å². The zero-order valence-electron chi connectivity index (χ0n) is 6.25. The Morgan fingerprint density at radius 2 is 1.80 bits per heavy atom. The van der Waals surface area contributed by atoms with Crippen molar-refractivity contribution in [2.45, 2.75) is 37.9 Å². The average molecular weight is 162 g/mol. The van der Waals surface area contributed by atoms with E-state index in [1.807, 2.05) is 0 Å². The van der Waals surface area contributed by atoms with E-state index >= 15 is 0 Å². The molecule has 0 aliphatic heterocycles. The molecule has 0 aromatic rings. The molecule has 0 aromatic carbocycles. The highest BCUT2D eigenvalue weighted by Crippen LogP contribution is 2.25. The van der Waals surface area contributed by atoms with Crippen LogP contribution in [-0.4, -0.2) is 14.0 Å². The van der Waals surface area contributed by atoms with Gasteiger partial charge in [-0.05, 0) is 31.6 Å². The van der Waals surface area contributed by atoms with Crippen molar-refractivity contribution in [3.8, 4) is 0 Å². The van der Waals surface area contributed by atoms with E-state index in [9.17, 15) is 4.21 Å². The minimum Gasteiger partial charge on any atom is -0.306 e. The molecule has 60 valence electrons. The highest BCUT2D eigenvalue weighted by atomic mass is 32.2. The zero-order valence-corrected chi connectivity index (χ0v) is 7.06. The third-order valence-corrected chi connectivity index (χ3v) is 3.29. The van der Waals surface area contributed by atoms with Crippen molar-refractivity contribution >= 4 is 11.1 Å². The molecule has 1 unspecified atom stereocenters. The van der Waals surface area contributed by atoms with E-state index in [2.05, 4.69) is 6.92 Å². The SMILES string of the molecule is CC1CCC(S(=O)O)CC1. The first kappa shape index (κ1) is 8.21. The maximum Gasteiger partial charge on any atom is 0.155 e. The van der Waals surface area contributed by atoms with E-state index in [0.29, 0.717) is 0 Å². The fourth-order valence-electron chi connectivity index (χ4n) is 1.43. The molecular formula is C7H14O2S. The molecular weight excluding hydrogens is 148 g/mol. The van der Waals surface area contributed by atoms with Gasteiger partial charge in [0.05, 0.1) is 5.25 Å². The lowest BCUT2D eigenvalue weighted by atomic mass is 9.91. The Balaban J connectivity index is 2.33. The molecule has 1 rings (SSSR count). The molecule has 0 aromatic heterocycles. The van der Waals surface area contributed by atoms with Crippen LogP contribution in [-0.2, 0) is 11.1 Å². The zero-order chi connectivity index (χ0) is 7.56. The van der Waals surface area contributed by atoms with Crippen molar-refractivity contribution in [2.75, 3.05) is 0 Å². The Morgan fingerprint density at radius 3 is 2.20 bits per heavy atom. The minimum absolute atomic E-state index is 0.0659. The van der Waals surface area contributed by atoms with Crippen LogP contribution in [0.3, 0.4) is 0 Å². The summed E-state index contributed by atoms with van der Waals surface area (Å²) in [5.41, 5.74) is 0. The molecule has 0 heterocycles. The third-order valence-electron chi connectivity index (χ3n) is 2.25. The predicted molar refractivity (Wildman–Crippen MR) is 42.2 cm³/mol. The van der Waals surface area contributed by atoms with Crippen molar-refractivity contribution in [1.82, 2.24) is 0 Å². The second kappa shape index (κ2) is 3.49. The molecule has 2 nitrogen and oxygen atoms in total. The molecule has 1 atom stereocenters. The van der Waals surface area contributed by atoms with Gasteiger partial charge in [0.1, 0.15) is 0 Å². The Morgan fingerprint density at radius 1 is 1.30 bits per heavy atom. The van der Waals surface area contributed by atoms with E-state index in [0.717, 1.165) is 31.6 Å². The monoisotopic (exact) mass is 162 g/mol. The summed E-state index contributed by atoms with van der Waals surface area (Å²) in [4.78, 5) is 0. The Kier molecular flexibility index (Phi) is 2.86. The first-order chi connectivity index (χ1) is 4.70. The van der Waals surface area contributed by atoms with Crippen molar-refractivity contribution < 1.29 is 8.76 Å². The summed E-state index contributed by atoms with van der Waals surface area (Å²) in [7, 11) is 0. The van der Waals surface area contributed by atoms with Gasteiger partial charge < -0.3 is 4.55 Å².